The van der Waals surface area contributed by atoms with E-state index in [0.29, 0.717) is 6.54 Å². The van der Waals surface area contributed by atoms with Crippen molar-refractivity contribution in [2.24, 2.45) is 11.7 Å². The maximum absolute atomic E-state index is 11.9. The van der Waals surface area contributed by atoms with Gasteiger partial charge in [0.05, 0.1) is 5.60 Å². The predicted molar refractivity (Wildman–Crippen MR) is 73.3 cm³/mol. The minimum Gasteiger partial charge on any atom is -0.364 e. The van der Waals surface area contributed by atoms with Gasteiger partial charge in [-0.05, 0) is 45.4 Å². The van der Waals surface area contributed by atoms with E-state index in [1.807, 2.05) is 20.9 Å². The van der Waals surface area contributed by atoms with Crippen molar-refractivity contribution in [3.63, 3.8) is 0 Å². The van der Waals surface area contributed by atoms with Crippen LogP contribution >= 0.6 is 0 Å². The van der Waals surface area contributed by atoms with E-state index in [2.05, 4.69) is 6.92 Å². The molecule has 0 bridgehead atoms. The van der Waals surface area contributed by atoms with Crippen LogP contribution in [0.25, 0.3) is 0 Å². The van der Waals surface area contributed by atoms with Crippen LogP contribution in [0.3, 0.4) is 0 Å². The van der Waals surface area contributed by atoms with E-state index in [-0.39, 0.29) is 24.2 Å². The molecule has 0 radical (unpaired) electrons. The highest BCUT2D eigenvalue weighted by atomic mass is 16.5. The SMILES string of the molecule is CC1CCC(CN)(OCC(=O)N(C)C(C)C)CC1. The Bertz CT molecular complexity index is 271. The summed E-state index contributed by atoms with van der Waals surface area (Å²) in [6, 6.07) is 0.210. The van der Waals surface area contributed by atoms with Gasteiger partial charge in [-0.1, -0.05) is 6.92 Å². The normalized spacial score (nSPS) is 28.4. The Balaban J connectivity index is 2.47. The molecule has 106 valence electrons. The topological polar surface area (TPSA) is 55.6 Å². The van der Waals surface area contributed by atoms with Gasteiger partial charge in [-0.15, -0.1) is 0 Å². The van der Waals surface area contributed by atoms with Crippen molar-refractivity contribution < 1.29 is 9.53 Å². The van der Waals surface area contributed by atoms with Crippen molar-refractivity contribution in [3.8, 4) is 0 Å². The number of carbonyl (C=O) groups is 1. The van der Waals surface area contributed by atoms with Crippen LogP contribution in [0.15, 0.2) is 0 Å². The maximum atomic E-state index is 11.9. The molecule has 0 unspecified atom stereocenters. The van der Waals surface area contributed by atoms with Crippen molar-refractivity contribution in [1.82, 2.24) is 4.90 Å². The Morgan fingerprint density at radius 3 is 2.44 bits per heavy atom. The highest BCUT2D eigenvalue weighted by Gasteiger charge is 2.34. The molecule has 0 aromatic heterocycles. The largest absolute Gasteiger partial charge is 0.364 e. The van der Waals surface area contributed by atoms with E-state index in [4.69, 9.17) is 10.5 Å². The lowest BCUT2D eigenvalue weighted by molar-refractivity contribution is -0.146. The number of likely N-dealkylation sites (N-methyl/N-ethyl adjacent to an activating group) is 1. The van der Waals surface area contributed by atoms with Crippen LogP contribution in [-0.4, -0.2) is 42.6 Å². The molecular weight excluding hydrogens is 228 g/mol. The average Bonchev–Trinajstić information content (AvgIpc) is 2.37. The van der Waals surface area contributed by atoms with Crippen LogP contribution in [0.5, 0.6) is 0 Å². The zero-order valence-corrected chi connectivity index (χ0v) is 12.2. The summed E-state index contributed by atoms with van der Waals surface area (Å²) in [5, 5.41) is 0. The van der Waals surface area contributed by atoms with Crippen LogP contribution in [0, 0.1) is 5.92 Å². The maximum Gasteiger partial charge on any atom is 0.248 e. The van der Waals surface area contributed by atoms with E-state index >= 15 is 0 Å². The summed E-state index contributed by atoms with van der Waals surface area (Å²) in [4.78, 5) is 13.6. The van der Waals surface area contributed by atoms with E-state index in [1.165, 1.54) is 0 Å². The molecule has 0 spiro atoms. The fourth-order valence-electron chi connectivity index (χ4n) is 2.30. The first-order valence-electron chi connectivity index (χ1n) is 7.00. The lowest BCUT2D eigenvalue weighted by Crippen LogP contribution is -2.46. The Kier molecular flexibility index (Phi) is 5.60. The first-order chi connectivity index (χ1) is 8.40. The van der Waals surface area contributed by atoms with Crippen LogP contribution in [-0.2, 0) is 9.53 Å². The quantitative estimate of drug-likeness (QED) is 0.815. The molecule has 1 amide bonds. The first kappa shape index (κ1) is 15.4. The average molecular weight is 256 g/mol. The number of rotatable bonds is 5. The number of ether oxygens (including phenoxy) is 1. The smallest absolute Gasteiger partial charge is 0.248 e. The lowest BCUT2D eigenvalue weighted by atomic mass is 9.79. The predicted octanol–water partition coefficient (Wildman–Crippen LogP) is 1.78. The van der Waals surface area contributed by atoms with Crippen LogP contribution in [0.2, 0.25) is 0 Å². The fourth-order valence-corrected chi connectivity index (χ4v) is 2.30. The molecule has 0 aliphatic heterocycles. The third-order valence-corrected chi connectivity index (χ3v) is 4.23. The molecule has 1 saturated carbocycles. The molecule has 4 nitrogen and oxygen atoms in total. The monoisotopic (exact) mass is 256 g/mol. The molecule has 0 atom stereocenters. The van der Waals surface area contributed by atoms with Crippen molar-refractivity contribution >= 4 is 5.91 Å². The van der Waals surface area contributed by atoms with E-state index in [1.54, 1.807) is 4.90 Å². The van der Waals surface area contributed by atoms with Gasteiger partial charge in [0, 0.05) is 19.6 Å². The van der Waals surface area contributed by atoms with Gasteiger partial charge in [-0.3, -0.25) is 4.79 Å². The Hall–Kier alpha value is -0.610. The zero-order valence-electron chi connectivity index (χ0n) is 12.2. The molecular formula is C14H28N2O2. The molecule has 18 heavy (non-hydrogen) atoms. The Morgan fingerprint density at radius 2 is 2.00 bits per heavy atom. The first-order valence-corrected chi connectivity index (χ1v) is 7.00. The number of amides is 1. The fraction of sp³-hybridized carbons (Fsp3) is 0.929. The molecule has 0 saturated heterocycles. The third-order valence-electron chi connectivity index (χ3n) is 4.23. The number of hydrogen-bond acceptors (Lipinski definition) is 3. The summed E-state index contributed by atoms with van der Waals surface area (Å²) < 4.78 is 5.88. The molecule has 1 rings (SSSR count). The summed E-state index contributed by atoms with van der Waals surface area (Å²) in [5.74, 6) is 0.791. The van der Waals surface area contributed by atoms with Crippen molar-refractivity contribution in [1.29, 1.82) is 0 Å². The van der Waals surface area contributed by atoms with Gasteiger partial charge >= 0.3 is 0 Å². The van der Waals surface area contributed by atoms with Gasteiger partial charge in [0.15, 0.2) is 0 Å². The second kappa shape index (κ2) is 6.53. The van der Waals surface area contributed by atoms with Crippen LogP contribution < -0.4 is 5.73 Å². The van der Waals surface area contributed by atoms with Gasteiger partial charge in [-0.2, -0.15) is 0 Å². The molecule has 0 aromatic carbocycles. The number of nitrogens with zero attached hydrogens (tertiary/aromatic N) is 1. The Labute approximate surface area is 111 Å². The van der Waals surface area contributed by atoms with Crippen molar-refractivity contribution in [2.45, 2.75) is 58.1 Å². The van der Waals surface area contributed by atoms with E-state index < -0.39 is 0 Å². The second-order valence-corrected chi connectivity index (χ2v) is 5.96. The molecule has 0 aromatic rings. The standard InChI is InChI=1S/C14H28N2O2/c1-11(2)16(4)13(17)9-18-14(10-15)7-5-12(3)6-8-14/h11-12H,5-10,15H2,1-4H3. The van der Waals surface area contributed by atoms with Crippen molar-refractivity contribution in [2.75, 3.05) is 20.2 Å². The highest BCUT2D eigenvalue weighted by molar-refractivity contribution is 5.77. The molecule has 4 heteroatoms. The van der Waals surface area contributed by atoms with Gasteiger partial charge in [-0.25, -0.2) is 0 Å². The van der Waals surface area contributed by atoms with Crippen molar-refractivity contribution in [3.05, 3.63) is 0 Å². The summed E-state index contributed by atoms with van der Waals surface area (Å²) in [7, 11) is 1.81. The molecule has 1 fully saturated rings. The number of nitrogens with two attached hydrogens (primary N) is 1. The van der Waals surface area contributed by atoms with Gasteiger partial charge in [0.2, 0.25) is 5.91 Å². The van der Waals surface area contributed by atoms with Gasteiger partial charge in [0.25, 0.3) is 0 Å². The number of carbonyl (C=O) groups excluding carboxylic acids is 1. The van der Waals surface area contributed by atoms with Gasteiger partial charge in [0.1, 0.15) is 6.61 Å². The third kappa shape index (κ3) is 3.95. The van der Waals surface area contributed by atoms with Gasteiger partial charge < -0.3 is 15.4 Å². The molecule has 1 aliphatic carbocycles. The lowest BCUT2D eigenvalue weighted by Gasteiger charge is -2.38. The minimum absolute atomic E-state index is 0.0384. The van der Waals surface area contributed by atoms with Crippen LogP contribution in [0.1, 0.15) is 46.5 Å². The summed E-state index contributed by atoms with van der Waals surface area (Å²) in [6.45, 7) is 6.93. The Morgan fingerprint density at radius 1 is 1.44 bits per heavy atom. The van der Waals surface area contributed by atoms with E-state index in [0.717, 1.165) is 31.6 Å². The second-order valence-electron chi connectivity index (χ2n) is 5.96. The number of hydrogen-bond donors (Lipinski definition) is 1. The summed E-state index contributed by atoms with van der Waals surface area (Å²) >= 11 is 0. The summed E-state index contributed by atoms with van der Waals surface area (Å²) in [6.07, 6.45) is 4.24. The molecule has 0 heterocycles. The van der Waals surface area contributed by atoms with E-state index in [9.17, 15) is 4.79 Å². The molecule has 1 aliphatic rings. The summed E-state index contributed by atoms with van der Waals surface area (Å²) in [5.41, 5.74) is 5.59. The molecule has 2 N–H and O–H groups in total. The van der Waals surface area contributed by atoms with Crippen LogP contribution in [0.4, 0.5) is 0 Å². The highest BCUT2D eigenvalue weighted by Crippen LogP contribution is 2.33. The minimum atomic E-state index is -0.264. The zero-order chi connectivity index (χ0) is 13.8.